The van der Waals surface area contributed by atoms with Gasteiger partial charge >= 0.3 is 0 Å². The lowest BCUT2D eigenvalue weighted by Crippen LogP contribution is -2.37. The average Bonchev–Trinajstić information content (AvgIpc) is 2.68. The standard InChI is InChI=1S/C21H24ClN3O3S/c1-16(26)23-19-9-5-17(6-10-19)13-15-25-14-3-2-4-21(25)24-29(27,28)20-11-7-18(22)8-12-20/h5-12H,2-4,13-15H2,1H3,(H,23,26)/b24-21-. The number of halogens is 1. The van der Waals surface area contributed by atoms with E-state index in [0.717, 1.165) is 37.1 Å². The molecule has 0 aromatic heterocycles. The molecule has 0 atom stereocenters. The summed E-state index contributed by atoms with van der Waals surface area (Å²) < 4.78 is 29.5. The minimum absolute atomic E-state index is 0.103. The monoisotopic (exact) mass is 433 g/mol. The molecule has 2 aromatic carbocycles. The number of amides is 1. The molecule has 0 radical (unpaired) electrons. The van der Waals surface area contributed by atoms with Crippen molar-refractivity contribution < 1.29 is 13.2 Å². The number of piperidine rings is 1. The number of anilines is 1. The van der Waals surface area contributed by atoms with Crippen molar-refractivity contribution in [3.8, 4) is 0 Å². The number of benzene rings is 2. The predicted octanol–water partition coefficient (Wildman–Crippen LogP) is 4.11. The third-order valence-corrected chi connectivity index (χ3v) is 6.30. The minimum Gasteiger partial charge on any atom is -0.359 e. The van der Waals surface area contributed by atoms with E-state index in [0.29, 0.717) is 23.8 Å². The van der Waals surface area contributed by atoms with Crippen LogP contribution in [0.3, 0.4) is 0 Å². The van der Waals surface area contributed by atoms with E-state index in [9.17, 15) is 13.2 Å². The zero-order valence-corrected chi connectivity index (χ0v) is 17.8. The fourth-order valence-corrected chi connectivity index (χ4v) is 4.43. The molecule has 0 spiro atoms. The summed E-state index contributed by atoms with van der Waals surface area (Å²) in [6.07, 6.45) is 3.35. The van der Waals surface area contributed by atoms with Gasteiger partial charge in [-0.3, -0.25) is 4.79 Å². The van der Waals surface area contributed by atoms with Gasteiger partial charge in [-0.05, 0) is 61.2 Å². The van der Waals surface area contributed by atoms with Gasteiger partial charge in [0.05, 0.1) is 4.90 Å². The van der Waals surface area contributed by atoms with E-state index in [2.05, 4.69) is 14.6 Å². The fourth-order valence-electron chi connectivity index (χ4n) is 3.24. The van der Waals surface area contributed by atoms with E-state index in [1.165, 1.54) is 19.1 Å². The van der Waals surface area contributed by atoms with Crippen molar-refractivity contribution in [3.05, 3.63) is 59.1 Å². The van der Waals surface area contributed by atoms with Gasteiger partial charge in [0.2, 0.25) is 5.91 Å². The van der Waals surface area contributed by atoms with Crippen molar-refractivity contribution in [2.24, 2.45) is 4.40 Å². The third kappa shape index (κ3) is 6.05. The Bertz CT molecular complexity index is 987. The maximum absolute atomic E-state index is 12.7. The molecule has 1 aliphatic heterocycles. The predicted molar refractivity (Wildman–Crippen MR) is 116 cm³/mol. The molecule has 29 heavy (non-hydrogen) atoms. The Labute approximate surface area is 176 Å². The van der Waals surface area contributed by atoms with Gasteiger partial charge < -0.3 is 10.2 Å². The highest BCUT2D eigenvalue weighted by Gasteiger charge is 2.21. The molecule has 1 amide bonds. The molecule has 1 fully saturated rings. The Balaban J connectivity index is 1.70. The summed E-state index contributed by atoms with van der Waals surface area (Å²) in [6, 6.07) is 13.7. The number of carbonyl (C=O) groups is 1. The SMILES string of the molecule is CC(=O)Nc1ccc(CCN2CCCC/C2=N/S(=O)(=O)c2ccc(Cl)cc2)cc1. The van der Waals surface area contributed by atoms with Crippen molar-refractivity contribution in [1.82, 2.24) is 4.90 Å². The quantitative estimate of drug-likeness (QED) is 0.743. The summed E-state index contributed by atoms with van der Waals surface area (Å²) in [4.78, 5) is 13.3. The molecule has 0 unspecified atom stereocenters. The lowest BCUT2D eigenvalue weighted by atomic mass is 10.1. The molecule has 0 bridgehead atoms. The highest BCUT2D eigenvalue weighted by atomic mass is 35.5. The van der Waals surface area contributed by atoms with Crippen LogP contribution >= 0.6 is 11.6 Å². The Hall–Kier alpha value is -2.38. The number of amidine groups is 1. The largest absolute Gasteiger partial charge is 0.359 e. The summed E-state index contributed by atoms with van der Waals surface area (Å²) in [5.41, 5.74) is 1.88. The number of rotatable bonds is 6. The number of nitrogens with one attached hydrogen (secondary N) is 1. The van der Waals surface area contributed by atoms with E-state index >= 15 is 0 Å². The zero-order valence-electron chi connectivity index (χ0n) is 16.3. The molecule has 6 nitrogen and oxygen atoms in total. The number of sulfonamides is 1. The first-order chi connectivity index (χ1) is 13.8. The molecule has 8 heteroatoms. The van der Waals surface area contributed by atoms with Crippen LogP contribution in [0.4, 0.5) is 5.69 Å². The molecule has 0 aliphatic carbocycles. The number of carbonyl (C=O) groups excluding carboxylic acids is 1. The van der Waals surface area contributed by atoms with E-state index in [1.54, 1.807) is 12.1 Å². The summed E-state index contributed by atoms with van der Waals surface area (Å²) in [5, 5.41) is 3.23. The zero-order chi connectivity index (χ0) is 20.9. The topological polar surface area (TPSA) is 78.8 Å². The fraction of sp³-hybridized carbons (Fsp3) is 0.333. The first kappa shape index (κ1) is 21.3. The van der Waals surface area contributed by atoms with Crippen molar-refractivity contribution in [1.29, 1.82) is 0 Å². The second-order valence-corrected chi connectivity index (χ2v) is 9.05. The van der Waals surface area contributed by atoms with Gasteiger partial charge in [0.25, 0.3) is 10.0 Å². The van der Waals surface area contributed by atoms with Gasteiger partial charge in [-0.2, -0.15) is 8.42 Å². The maximum atomic E-state index is 12.7. The first-order valence-corrected chi connectivity index (χ1v) is 11.4. The molecule has 1 saturated heterocycles. The van der Waals surface area contributed by atoms with Gasteiger partial charge in [0.15, 0.2) is 0 Å². The Morgan fingerprint density at radius 2 is 1.79 bits per heavy atom. The molecule has 0 saturated carbocycles. The van der Waals surface area contributed by atoms with E-state index in [-0.39, 0.29) is 10.8 Å². The molecule has 1 heterocycles. The van der Waals surface area contributed by atoms with Crippen LogP contribution < -0.4 is 5.32 Å². The van der Waals surface area contributed by atoms with Crippen LogP contribution in [0.1, 0.15) is 31.7 Å². The van der Waals surface area contributed by atoms with Gasteiger partial charge in [-0.15, -0.1) is 4.40 Å². The number of hydrogen-bond donors (Lipinski definition) is 1. The Morgan fingerprint density at radius 3 is 2.45 bits per heavy atom. The first-order valence-electron chi connectivity index (χ1n) is 9.54. The van der Waals surface area contributed by atoms with Crippen LogP contribution in [0, 0.1) is 0 Å². The molecule has 2 aromatic rings. The van der Waals surface area contributed by atoms with Gasteiger partial charge in [-0.25, -0.2) is 0 Å². The average molecular weight is 434 g/mol. The van der Waals surface area contributed by atoms with Crippen molar-refractivity contribution in [3.63, 3.8) is 0 Å². The molecule has 1 N–H and O–H groups in total. The van der Waals surface area contributed by atoms with Crippen LogP contribution in [-0.4, -0.2) is 38.2 Å². The summed E-state index contributed by atoms with van der Waals surface area (Å²) >= 11 is 5.85. The highest BCUT2D eigenvalue weighted by Crippen LogP contribution is 2.20. The smallest absolute Gasteiger partial charge is 0.283 e. The molecule has 3 rings (SSSR count). The normalized spacial score (nSPS) is 16.1. The molecule has 1 aliphatic rings. The summed E-state index contributed by atoms with van der Waals surface area (Å²) in [5.74, 6) is 0.509. The van der Waals surface area contributed by atoms with Crippen molar-refractivity contribution >= 4 is 39.1 Å². The lowest BCUT2D eigenvalue weighted by Gasteiger charge is -2.30. The molecule has 154 valence electrons. The van der Waals surface area contributed by atoms with E-state index in [1.807, 2.05) is 24.3 Å². The third-order valence-electron chi connectivity index (χ3n) is 4.73. The Kier molecular flexibility index (Phi) is 6.92. The minimum atomic E-state index is -3.76. The Morgan fingerprint density at radius 1 is 1.10 bits per heavy atom. The van der Waals surface area contributed by atoms with Crippen LogP contribution in [-0.2, 0) is 21.2 Å². The molecular formula is C21H24ClN3O3S. The van der Waals surface area contributed by atoms with E-state index < -0.39 is 10.0 Å². The van der Waals surface area contributed by atoms with Crippen LogP contribution in [0.2, 0.25) is 5.02 Å². The number of hydrogen-bond acceptors (Lipinski definition) is 3. The van der Waals surface area contributed by atoms with Gasteiger partial charge in [0, 0.05) is 37.1 Å². The van der Waals surface area contributed by atoms with Gasteiger partial charge in [-0.1, -0.05) is 23.7 Å². The van der Waals surface area contributed by atoms with Gasteiger partial charge in [0.1, 0.15) is 5.84 Å². The number of nitrogens with zero attached hydrogens (tertiary/aromatic N) is 2. The maximum Gasteiger partial charge on any atom is 0.283 e. The lowest BCUT2D eigenvalue weighted by molar-refractivity contribution is -0.114. The van der Waals surface area contributed by atoms with Crippen LogP contribution in [0.5, 0.6) is 0 Å². The number of likely N-dealkylation sites (tertiary alicyclic amines) is 1. The van der Waals surface area contributed by atoms with Crippen molar-refractivity contribution in [2.75, 3.05) is 18.4 Å². The van der Waals surface area contributed by atoms with Crippen LogP contribution in [0.25, 0.3) is 0 Å². The second kappa shape index (κ2) is 9.41. The van der Waals surface area contributed by atoms with Crippen molar-refractivity contribution in [2.45, 2.75) is 37.5 Å². The second-order valence-electron chi connectivity index (χ2n) is 7.01. The molecular weight excluding hydrogens is 410 g/mol. The summed E-state index contributed by atoms with van der Waals surface area (Å²) in [7, 11) is -3.76. The van der Waals surface area contributed by atoms with Crippen LogP contribution in [0.15, 0.2) is 57.8 Å². The van der Waals surface area contributed by atoms with E-state index in [4.69, 9.17) is 11.6 Å². The summed E-state index contributed by atoms with van der Waals surface area (Å²) in [6.45, 7) is 2.95. The highest BCUT2D eigenvalue weighted by molar-refractivity contribution is 7.90.